The quantitative estimate of drug-likeness (QED) is 0.160. The molecule has 1 aliphatic carbocycles. The van der Waals surface area contributed by atoms with Crippen LogP contribution in [0.25, 0.3) is 0 Å². The summed E-state index contributed by atoms with van der Waals surface area (Å²) in [6, 6.07) is 9.65. The normalized spacial score (nSPS) is 12.7. The van der Waals surface area contributed by atoms with Gasteiger partial charge in [0.2, 0.25) is 5.91 Å². The number of carbonyl (C=O) groups is 2. The van der Waals surface area contributed by atoms with Crippen molar-refractivity contribution in [2.45, 2.75) is 58.5 Å². The zero-order chi connectivity index (χ0) is 26.2. The molecule has 2 aromatic carbocycles. The Hall–Kier alpha value is -3.81. The molecule has 0 saturated heterocycles. The van der Waals surface area contributed by atoms with E-state index < -0.39 is 0 Å². The minimum absolute atomic E-state index is 0. The number of amides is 2. The third-order valence-corrected chi connectivity index (χ3v) is 6.25. The number of amidine groups is 1. The number of hydrogen-bond acceptors (Lipinski definition) is 6. The number of carbonyl (C=O) groups excluding carboxylic acids is 3. The van der Waals surface area contributed by atoms with Crippen molar-refractivity contribution < 1.29 is 24.2 Å². The summed E-state index contributed by atoms with van der Waals surface area (Å²) < 4.78 is 5.24. The largest absolute Gasteiger partial charge is 0.508 e. The molecule has 0 aromatic heterocycles. The Morgan fingerprint density at radius 1 is 1.19 bits per heavy atom. The van der Waals surface area contributed by atoms with Gasteiger partial charge in [-0.3, -0.25) is 15.0 Å². The average molecular weight is 529 g/mol. The zero-order valence-electron chi connectivity index (χ0n) is 21.0. The van der Waals surface area contributed by atoms with Gasteiger partial charge in [-0.15, -0.1) is 12.4 Å². The number of anilines is 1. The summed E-state index contributed by atoms with van der Waals surface area (Å²) >= 11 is 0. The number of halogens is 1. The van der Waals surface area contributed by atoms with E-state index in [4.69, 9.17) is 15.9 Å². The van der Waals surface area contributed by atoms with Gasteiger partial charge in [0.05, 0.1) is 13.0 Å². The molecular weight excluding hydrogens is 496 g/mol. The van der Waals surface area contributed by atoms with Crippen molar-refractivity contribution in [1.29, 1.82) is 5.41 Å². The Morgan fingerprint density at radius 3 is 2.46 bits per heavy atom. The van der Waals surface area contributed by atoms with Crippen LogP contribution in [0.15, 0.2) is 42.2 Å². The number of phenols is 1. The number of aryl methyl sites for hydroxylation is 1. The molecular formula is C27H33ClN4O5. The van der Waals surface area contributed by atoms with Crippen LogP contribution < -0.4 is 16.0 Å². The molecule has 2 aromatic rings. The lowest BCUT2D eigenvalue weighted by molar-refractivity contribution is -0.119. The highest BCUT2D eigenvalue weighted by Gasteiger charge is 2.30. The summed E-state index contributed by atoms with van der Waals surface area (Å²) in [5.41, 5.74) is 8.24. The highest BCUT2D eigenvalue weighted by Crippen LogP contribution is 2.32. The van der Waals surface area contributed by atoms with Gasteiger partial charge >= 0.3 is 0 Å². The van der Waals surface area contributed by atoms with E-state index in [1.165, 1.54) is 12.1 Å². The second kappa shape index (κ2) is 13.5. The van der Waals surface area contributed by atoms with Gasteiger partial charge in [-0.1, -0.05) is 12.8 Å². The van der Waals surface area contributed by atoms with Crippen LogP contribution in [0.4, 0.5) is 5.69 Å². The lowest BCUT2D eigenvalue weighted by Gasteiger charge is -2.31. The molecule has 0 radical (unpaired) electrons. The van der Waals surface area contributed by atoms with Crippen molar-refractivity contribution >= 4 is 41.7 Å². The Kier molecular flexibility index (Phi) is 10.7. The summed E-state index contributed by atoms with van der Waals surface area (Å²) in [7, 11) is 0. The average Bonchev–Trinajstić information content (AvgIpc) is 3.38. The molecule has 10 heteroatoms. The fourth-order valence-corrected chi connectivity index (χ4v) is 4.45. The molecule has 0 spiro atoms. The highest BCUT2D eigenvalue weighted by atomic mass is 35.5. The van der Waals surface area contributed by atoms with Crippen molar-refractivity contribution in [3.8, 4) is 5.75 Å². The van der Waals surface area contributed by atoms with Crippen LogP contribution in [0, 0.1) is 12.3 Å². The van der Waals surface area contributed by atoms with Gasteiger partial charge in [-0.25, -0.2) is 4.79 Å². The number of hydrogen-bond donors (Lipinski definition) is 4. The van der Waals surface area contributed by atoms with Gasteiger partial charge in [-0.2, -0.15) is 0 Å². The molecule has 1 saturated carbocycles. The monoisotopic (exact) mass is 528 g/mol. The molecule has 1 fully saturated rings. The summed E-state index contributed by atoms with van der Waals surface area (Å²) in [5.74, 6) is 0.973. The van der Waals surface area contributed by atoms with E-state index in [1.807, 2.05) is 6.92 Å². The molecule has 2 amide bonds. The second-order valence-corrected chi connectivity index (χ2v) is 8.78. The zero-order valence-corrected chi connectivity index (χ0v) is 21.8. The number of nitrogens with two attached hydrogens (primary N) is 1. The number of aromatic hydroxyl groups is 1. The molecule has 3 rings (SSSR count). The van der Waals surface area contributed by atoms with Crippen LogP contribution >= 0.6 is 12.4 Å². The van der Waals surface area contributed by atoms with E-state index >= 15 is 0 Å². The van der Waals surface area contributed by atoms with Gasteiger partial charge in [0.15, 0.2) is 11.7 Å². The number of rotatable bonds is 10. The van der Waals surface area contributed by atoms with Gasteiger partial charge in [0.25, 0.3) is 5.91 Å². The Labute approximate surface area is 222 Å². The van der Waals surface area contributed by atoms with Gasteiger partial charge in [0.1, 0.15) is 11.6 Å². The third kappa shape index (κ3) is 7.35. The summed E-state index contributed by atoms with van der Waals surface area (Å²) in [6.45, 7) is 3.91. The second-order valence-electron chi connectivity index (χ2n) is 8.78. The molecule has 0 aliphatic heterocycles. The van der Waals surface area contributed by atoms with Crippen LogP contribution in [-0.2, 0) is 20.9 Å². The maximum absolute atomic E-state index is 13.2. The van der Waals surface area contributed by atoms with E-state index in [0.29, 0.717) is 22.4 Å². The Morgan fingerprint density at radius 2 is 1.86 bits per heavy atom. The molecule has 37 heavy (non-hydrogen) atoms. The molecule has 0 heterocycles. The van der Waals surface area contributed by atoms with E-state index in [0.717, 1.165) is 31.2 Å². The van der Waals surface area contributed by atoms with Crippen molar-refractivity contribution in [1.82, 2.24) is 5.32 Å². The molecule has 198 valence electrons. The van der Waals surface area contributed by atoms with E-state index in [-0.39, 0.29) is 67.2 Å². The van der Waals surface area contributed by atoms with Gasteiger partial charge in [-0.05, 0) is 68.7 Å². The first-order valence-corrected chi connectivity index (χ1v) is 12.0. The number of phenolic OH excluding ortho intramolecular Hbond substituents is 1. The summed E-state index contributed by atoms with van der Waals surface area (Å²) in [6.07, 6.45) is 3.61. The highest BCUT2D eigenvalue weighted by molar-refractivity contribution is 5.99. The standard InChI is InChI=1S/C27H32N4O5.ClH/c1-3-36-22(16-32)14-25(34)31(21-6-4-5-7-21)23-10-8-19(12-17(23)2)27(35)30-15-20-13-18(26(28)29)9-11-24(20)33;/h8-13,21,33H,3-7,14-15H2,1-2H3,(H3,28,29)(H,30,35);1H. The van der Waals surface area contributed by atoms with Crippen LogP contribution in [-0.4, -0.2) is 41.3 Å². The third-order valence-electron chi connectivity index (χ3n) is 6.25. The van der Waals surface area contributed by atoms with Crippen molar-refractivity contribution in [2.24, 2.45) is 5.73 Å². The Bertz CT molecular complexity index is 1200. The molecule has 0 atom stereocenters. The predicted molar refractivity (Wildman–Crippen MR) is 144 cm³/mol. The first-order valence-electron chi connectivity index (χ1n) is 12.0. The van der Waals surface area contributed by atoms with Crippen LogP contribution in [0.5, 0.6) is 5.75 Å². The van der Waals surface area contributed by atoms with Crippen LogP contribution in [0.2, 0.25) is 0 Å². The summed E-state index contributed by atoms with van der Waals surface area (Å²) in [5, 5.41) is 20.4. The number of nitrogens with one attached hydrogen (secondary N) is 2. The molecule has 0 unspecified atom stereocenters. The van der Waals surface area contributed by atoms with Crippen LogP contribution in [0.3, 0.4) is 0 Å². The lowest BCUT2D eigenvalue weighted by atomic mass is 10.0. The molecule has 0 bridgehead atoms. The molecule has 9 nitrogen and oxygen atoms in total. The number of nitrogen functional groups attached to an aromatic ring is 1. The summed E-state index contributed by atoms with van der Waals surface area (Å²) in [4.78, 5) is 39.0. The van der Waals surface area contributed by atoms with Crippen molar-refractivity contribution in [3.05, 3.63) is 64.4 Å². The topological polar surface area (TPSA) is 146 Å². The number of ether oxygens (including phenoxy) is 1. The predicted octanol–water partition coefficient (Wildman–Crippen LogP) is 3.75. The minimum atomic E-state index is -0.349. The first-order chi connectivity index (χ1) is 17.2. The van der Waals surface area contributed by atoms with E-state index in [2.05, 4.69) is 5.32 Å². The van der Waals surface area contributed by atoms with Crippen molar-refractivity contribution in [3.63, 3.8) is 0 Å². The SMILES string of the molecule is CCOC(=C=O)CC(=O)N(c1ccc(C(=O)NCc2cc(C(=N)N)ccc2O)cc1C)C1CCCC1.Cl. The fraction of sp³-hybridized carbons (Fsp3) is 0.370. The lowest BCUT2D eigenvalue weighted by Crippen LogP contribution is -2.39. The maximum atomic E-state index is 13.2. The Balaban J connectivity index is 0.00000481. The molecule has 5 N–H and O–H groups in total. The van der Waals surface area contributed by atoms with E-state index in [9.17, 15) is 19.5 Å². The maximum Gasteiger partial charge on any atom is 0.251 e. The minimum Gasteiger partial charge on any atom is -0.508 e. The number of benzene rings is 2. The van der Waals surface area contributed by atoms with Crippen LogP contribution in [0.1, 0.15) is 66.1 Å². The smallest absolute Gasteiger partial charge is 0.251 e. The number of nitrogens with zero attached hydrogens (tertiary/aromatic N) is 1. The fourth-order valence-electron chi connectivity index (χ4n) is 4.45. The molecule has 1 aliphatic rings. The van der Waals surface area contributed by atoms with E-state index in [1.54, 1.807) is 42.0 Å². The van der Waals surface area contributed by atoms with Gasteiger partial charge in [0, 0.05) is 35.0 Å². The van der Waals surface area contributed by atoms with Crippen molar-refractivity contribution in [2.75, 3.05) is 11.5 Å². The van der Waals surface area contributed by atoms with Gasteiger partial charge < -0.3 is 25.8 Å². The first kappa shape index (κ1) is 29.4.